The Morgan fingerprint density at radius 1 is 1.14 bits per heavy atom. The van der Waals surface area contributed by atoms with Crippen LogP contribution in [0.5, 0.6) is 0 Å². The molecule has 0 aliphatic rings. The molecule has 0 aliphatic heterocycles. The number of aliphatic imine (C=N–C) groups is 1. The van der Waals surface area contributed by atoms with Crippen molar-refractivity contribution in [1.82, 2.24) is 35.2 Å². The Bertz CT molecular complexity index is 897. The quantitative estimate of drug-likeness (QED) is 0.455. The summed E-state index contributed by atoms with van der Waals surface area (Å²) in [6, 6.07) is 8.22. The minimum atomic E-state index is -0.255. The van der Waals surface area contributed by atoms with Crippen LogP contribution >= 0.6 is 0 Å². The molecule has 0 amide bonds. The zero-order valence-corrected chi connectivity index (χ0v) is 16.1. The van der Waals surface area contributed by atoms with Crippen molar-refractivity contribution in [3.63, 3.8) is 0 Å². The number of hydrogen-bond donors (Lipinski definition) is 2. The van der Waals surface area contributed by atoms with Crippen LogP contribution in [0.15, 0.2) is 47.8 Å². The normalized spacial score (nSPS) is 11.6. The number of aryl methyl sites for hydroxylation is 1. The van der Waals surface area contributed by atoms with Crippen LogP contribution < -0.4 is 10.6 Å². The Hall–Kier alpha value is -3.23. The van der Waals surface area contributed by atoms with Crippen molar-refractivity contribution in [3.8, 4) is 5.69 Å². The first-order valence-corrected chi connectivity index (χ1v) is 9.31. The summed E-state index contributed by atoms with van der Waals surface area (Å²) >= 11 is 0. The number of halogens is 1. The molecule has 9 heteroatoms. The van der Waals surface area contributed by atoms with Gasteiger partial charge in [0.2, 0.25) is 0 Å². The second-order valence-corrected chi connectivity index (χ2v) is 6.20. The molecule has 0 unspecified atom stereocenters. The van der Waals surface area contributed by atoms with E-state index in [9.17, 15) is 4.39 Å². The lowest BCUT2D eigenvalue weighted by Crippen LogP contribution is -2.39. The van der Waals surface area contributed by atoms with Gasteiger partial charge in [0.25, 0.3) is 0 Å². The third-order valence-electron chi connectivity index (χ3n) is 4.29. The third kappa shape index (κ3) is 5.15. The van der Waals surface area contributed by atoms with Gasteiger partial charge in [-0.05, 0) is 30.3 Å². The highest BCUT2D eigenvalue weighted by molar-refractivity contribution is 5.79. The van der Waals surface area contributed by atoms with Gasteiger partial charge in [-0.3, -0.25) is 4.99 Å². The van der Waals surface area contributed by atoms with Crippen LogP contribution in [0.1, 0.15) is 18.4 Å². The van der Waals surface area contributed by atoms with Crippen LogP contribution in [0.2, 0.25) is 0 Å². The summed E-state index contributed by atoms with van der Waals surface area (Å²) in [4.78, 5) is 4.23. The molecule has 28 heavy (non-hydrogen) atoms. The molecular formula is C19H25FN8. The van der Waals surface area contributed by atoms with E-state index in [-0.39, 0.29) is 5.82 Å². The number of guanidine groups is 1. The predicted molar refractivity (Wildman–Crippen MR) is 106 cm³/mol. The van der Waals surface area contributed by atoms with E-state index in [1.165, 1.54) is 12.1 Å². The molecule has 3 rings (SSSR count). The molecule has 2 heterocycles. The second kappa shape index (κ2) is 9.63. The fraction of sp³-hybridized carbons (Fsp3) is 0.368. The van der Waals surface area contributed by atoms with Crippen molar-refractivity contribution in [2.75, 3.05) is 20.1 Å². The summed E-state index contributed by atoms with van der Waals surface area (Å²) in [6.07, 6.45) is 5.23. The molecule has 3 aromatic rings. The standard InChI is InChI=1S/C19H25FN8/c1-3-18-25-24-14-27(18)13-11-23-19(21-2)22-10-8-16-9-12-28(26-16)17-6-4-15(20)5-7-17/h4-7,9,12,14H,3,8,10-11,13H2,1-2H3,(H2,21,22,23). The van der Waals surface area contributed by atoms with E-state index in [1.54, 1.807) is 30.2 Å². The van der Waals surface area contributed by atoms with Crippen LogP contribution in [0, 0.1) is 5.82 Å². The summed E-state index contributed by atoms with van der Waals surface area (Å²) in [5.41, 5.74) is 1.78. The van der Waals surface area contributed by atoms with Crippen molar-refractivity contribution in [1.29, 1.82) is 0 Å². The lowest BCUT2D eigenvalue weighted by Gasteiger charge is -2.12. The summed E-state index contributed by atoms with van der Waals surface area (Å²) in [6.45, 7) is 4.27. The topological polar surface area (TPSA) is 85.0 Å². The van der Waals surface area contributed by atoms with Gasteiger partial charge in [-0.2, -0.15) is 5.10 Å². The number of benzene rings is 1. The molecule has 148 valence electrons. The molecule has 0 saturated carbocycles. The number of rotatable bonds is 8. The first-order chi connectivity index (χ1) is 13.7. The maximum absolute atomic E-state index is 13.0. The molecule has 0 radical (unpaired) electrons. The van der Waals surface area contributed by atoms with Gasteiger partial charge < -0.3 is 15.2 Å². The lowest BCUT2D eigenvalue weighted by molar-refractivity contribution is 0.627. The van der Waals surface area contributed by atoms with Gasteiger partial charge in [0.05, 0.1) is 11.4 Å². The molecule has 2 N–H and O–H groups in total. The molecule has 8 nitrogen and oxygen atoms in total. The Morgan fingerprint density at radius 3 is 2.68 bits per heavy atom. The van der Waals surface area contributed by atoms with Gasteiger partial charge in [-0.15, -0.1) is 10.2 Å². The van der Waals surface area contributed by atoms with E-state index in [0.29, 0.717) is 6.54 Å². The minimum Gasteiger partial charge on any atom is -0.356 e. The van der Waals surface area contributed by atoms with Crippen molar-refractivity contribution in [2.45, 2.75) is 26.3 Å². The number of hydrogen-bond acceptors (Lipinski definition) is 4. The van der Waals surface area contributed by atoms with Gasteiger partial charge in [0, 0.05) is 45.7 Å². The van der Waals surface area contributed by atoms with E-state index in [1.807, 2.05) is 16.8 Å². The number of nitrogens with zero attached hydrogens (tertiary/aromatic N) is 6. The molecule has 1 aromatic carbocycles. The van der Waals surface area contributed by atoms with E-state index >= 15 is 0 Å². The van der Waals surface area contributed by atoms with Crippen LogP contribution in [0.4, 0.5) is 4.39 Å². The van der Waals surface area contributed by atoms with E-state index in [0.717, 1.165) is 49.1 Å². The van der Waals surface area contributed by atoms with Crippen molar-refractivity contribution < 1.29 is 4.39 Å². The van der Waals surface area contributed by atoms with Gasteiger partial charge in [0.1, 0.15) is 18.0 Å². The SMILES string of the molecule is CCc1nncn1CCNC(=NC)NCCc1ccn(-c2ccc(F)cc2)n1. The molecule has 0 aliphatic carbocycles. The second-order valence-electron chi connectivity index (χ2n) is 6.20. The van der Waals surface area contributed by atoms with E-state index in [4.69, 9.17) is 0 Å². The van der Waals surface area contributed by atoms with Crippen LogP contribution in [-0.4, -0.2) is 50.6 Å². The highest BCUT2D eigenvalue weighted by atomic mass is 19.1. The van der Waals surface area contributed by atoms with E-state index < -0.39 is 0 Å². The highest BCUT2D eigenvalue weighted by Crippen LogP contribution is 2.09. The lowest BCUT2D eigenvalue weighted by atomic mass is 10.3. The molecule has 0 spiro atoms. The van der Waals surface area contributed by atoms with Gasteiger partial charge >= 0.3 is 0 Å². The number of aromatic nitrogens is 5. The van der Waals surface area contributed by atoms with E-state index in [2.05, 4.69) is 37.8 Å². The summed E-state index contributed by atoms with van der Waals surface area (Å²) in [5, 5.41) is 19.1. The Kier molecular flexibility index (Phi) is 6.72. The van der Waals surface area contributed by atoms with Gasteiger partial charge in [0.15, 0.2) is 5.96 Å². The fourth-order valence-corrected chi connectivity index (χ4v) is 2.80. The minimum absolute atomic E-state index is 0.255. The largest absolute Gasteiger partial charge is 0.356 e. The summed E-state index contributed by atoms with van der Waals surface area (Å²) in [7, 11) is 1.74. The summed E-state index contributed by atoms with van der Waals surface area (Å²) in [5.74, 6) is 1.46. The van der Waals surface area contributed by atoms with Gasteiger partial charge in [-0.25, -0.2) is 9.07 Å². The third-order valence-corrected chi connectivity index (χ3v) is 4.29. The molecule has 0 fully saturated rings. The Morgan fingerprint density at radius 2 is 1.93 bits per heavy atom. The van der Waals surface area contributed by atoms with Crippen molar-refractivity contribution in [3.05, 3.63) is 60.2 Å². The average Bonchev–Trinajstić information content (AvgIpc) is 3.36. The molecule has 0 atom stereocenters. The highest BCUT2D eigenvalue weighted by Gasteiger charge is 2.04. The zero-order chi connectivity index (χ0) is 19.8. The summed E-state index contributed by atoms with van der Waals surface area (Å²) < 4.78 is 16.8. The van der Waals surface area contributed by atoms with Crippen LogP contribution in [0.25, 0.3) is 5.69 Å². The Labute approximate surface area is 163 Å². The molecule has 0 saturated heterocycles. The predicted octanol–water partition coefficient (Wildman–Crippen LogP) is 1.57. The Balaban J connectivity index is 1.43. The number of nitrogens with one attached hydrogen (secondary N) is 2. The maximum atomic E-state index is 13.0. The fourth-order valence-electron chi connectivity index (χ4n) is 2.80. The monoisotopic (exact) mass is 384 g/mol. The van der Waals surface area contributed by atoms with Crippen molar-refractivity contribution in [2.24, 2.45) is 4.99 Å². The smallest absolute Gasteiger partial charge is 0.191 e. The molecule has 0 bridgehead atoms. The average molecular weight is 384 g/mol. The van der Waals surface area contributed by atoms with Crippen molar-refractivity contribution >= 4 is 5.96 Å². The maximum Gasteiger partial charge on any atom is 0.191 e. The van der Waals surface area contributed by atoms with Gasteiger partial charge in [-0.1, -0.05) is 6.92 Å². The van der Waals surface area contributed by atoms with Crippen LogP contribution in [0.3, 0.4) is 0 Å². The first kappa shape index (κ1) is 19.5. The molecule has 2 aromatic heterocycles. The molecular weight excluding hydrogens is 359 g/mol. The first-order valence-electron chi connectivity index (χ1n) is 9.31. The zero-order valence-electron chi connectivity index (χ0n) is 16.1. The van der Waals surface area contributed by atoms with Crippen LogP contribution in [-0.2, 0) is 19.4 Å².